The Hall–Kier alpha value is -2.94. The van der Waals surface area contributed by atoms with Crippen LogP contribution in [-0.4, -0.2) is 92.4 Å². The Balaban J connectivity index is 1.62. The van der Waals surface area contributed by atoms with Crippen LogP contribution in [0, 0.1) is 18.8 Å². The third-order valence-corrected chi connectivity index (χ3v) is 7.42. The van der Waals surface area contributed by atoms with Gasteiger partial charge in [-0.15, -0.1) is 0 Å². The number of ether oxygens (including phenoxy) is 2. The summed E-state index contributed by atoms with van der Waals surface area (Å²) in [4.78, 5) is 30.1. The van der Waals surface area contributed by atoms with E-state index in [1.807, 2.05) is 74.2 Å². The van der Waals surface area contributed by atoms with Gasteiger partial charge in [0.25, 0.3) is 11.8 Å². The number of nitrogens with one attached hydrogen (secondary N) is 1. The van der Waals surface area contributed by atoms with Gasteiger partial charge in [0.05, 0.1) is 6.61 Å². The summed E-state index contributed by atoms with van der Waals surface area (Å²) < 4.78 is 11.0. The Morgan fingerprint density at radius 3 is 2.41 bits per heavy atom. The van der Waals surface area contributed by atoms with E-state index in [-0.39, 0.29) is 29.7 Å². The lowest BCUT2D eigenvalue weighted by Crippen LogP contribution is -2.45. The van der Waals surface area contributed by atoms with Gasteiger partial charge >= 0.3 is 0 Å². The third kappa shape index (κ3) is 8.78. The van der Waals surface area contributed by atoms with Crippen molar-refractivity contribution >= 4 is 11.8 Å². The van der Waals surface area contributed by atoms with Crippen LogP contribution in [0.3, 0.4) is 0 Å². The molecule has 0 unspecified atom stereocenters. The quantitative estimate of drug-likeness (QED) is 0.359. The maximum atomic E-state index is 13.6. The largest absolute Gasteiger partial charge is 0.493 e. The summed E-state index contributed by atoms with van der Waals surface area (Å²) in [5.41, 5.74) is 2.52. The fraction of sp³-hybridized carbons (Fsp3) is 0.548. The number of carbonyl (C=O) groups is 2. The molecule has 3 atom stereocenters. The van der Waals surface area contributed by atoms with Gasteiger partial charge in [-0.3, -0.25) is 9.59 Å². The van der Waals surface area contributed by atoms with E-state index in [4.69, 9.17) is 9.47 Å². The lowest BCUT2D eigenvalue weighted by molar-refractivity contribution is -0.139. The lowest BCUT2D eigenvalue weighted by atomic mass is 9.93. The zero-order valence-corrected chi connectivity index (χ0v) is 24.1. The van der Waals surface area contributed by atoms with E-state index < -0.39 is 6.10 Å². The second-order valence-corrected chi connectivity index (χ2v) is 10.8. The van der Waals surface area contributed by atoms with Gasteiger partial charge in [0.1, 0.15) is 11.9 Å². The molecule has 8 nitrogen and oxygen atoms in total. The van der Waals surface area contributed by atoms with E-state index in [0.717, 1.165) is 36.4 Å². The molecule has 0 bridgehead atoms. The van der Waals surface area contributed by atoms with Crippen LogP contribution in [0.2, 0.25) is 0 Å². The maximum absolute atomic E-state index is 13.6. The van der Waals surface area contributed by atoms with Gasteiger partial charge in [-0.25, -0.2) is 0 Å². The van der Waals surface area contributed by atoms with Gasteiger partial charge < -0.3 is 29.7 Å². The molecule has 1 fully saturated rings. The van der Waals surface area contributed by atoms with Gasteiger partial charge in [-0.2, -0.15) is 0 Å². The third-order valence-electron chi connectivity index (χ3n) is 7.42. The van der Waals surface area contributed by atoms with Crippen molar-refractivity contribution in [2.24, 2.45) is 11.8 Å². The first kappa shape index (κ1) is 30.6. The predicted molar refractivity (Wildman–Crippen MR) is 153 cm³/mol. The van der Waals surface area contributed by atoms with Gasteiger partial charge in [0.15, 0.2) is 0 Å². The molecular formula is C31H45N3O5. The second-order valence-electron chi connectivity index (χ2n) is 10.8. The minimum absolute atomic E-state index is 0.0122. The molecule has 1 heterocycles. The number of rotatable bonds is 14. The first-order valence-electron chi connectivity index (χ1n) is 13.9. The van der Waals surface area contributed by atoms with Crippen LogP contribution in [0.25, 0.3) is 0 Å². The van der Waals surface area contributed by atoms with Crippen molar-refractivity contribution in [1.82, 2.24) is 15.1 Å². The number of likely N-dealkylation sites (N-methyl/N-ethyl adjacent to an activating group) is 1. The molecule has 214 valence electrons. The standard InChI is InChI=1S/C31H45N3O5/c1-22(2)34(30(36)25-13-12-23(3)29(17-25)39-15-9-14-38-5)21-27-19-32-18-26(27)20-33(4)31(37)28(35)16-24-10-7-6-8-11-24/h6-8,10-13,17,22,26-28,32,35H,9,14-16,18-21H2,1-5H3/t26-,27-,28-/m0/s1. The normalized spacial score (nSPS) is 17.7. The van der Waals surface area contributed by atoms with E-state index in [9.17, 15) is 14.7 Å². The average molecular weight is 540 g/mol. The summed E-state index contributed by atoms with van der Waals surface area (Å²) >= 11 is 0. The molecule has 1 saturated heterocycles. The number of aryl methyl sites for hydroxylation is 1. The zero-order chi connectivity index (χ0) is 28.4. The minimum atomic E-state index is -1.08. The number of amides is 2. The molecule has 0 radical (unpaired) electrons. The lowest BCUT2D eigenvalue weighted by Gasteiger charge is -2.33. The van der Waals surface area contributed by atoms with E-state index in [1.165, 1.54) is 0 Å². The van der Waals surface area contributed by atoms with E-state index in [1.54, 1.807) is 19.1 Å². The Kier molecular flexibility index (Phi) is 11.8. The summed E-state index contributed by atoms with van der Waals surface area (Å²) in [7, 11) is 3.42. The highest BCUT2D eigenvalue weighted by atomic mass is 16.5. The van der Waals surface area contributed by atoms with Crippen molar-refractivity contribution in [3.05, 3.63) is 65.2 Å². The molecule has 1 aliphatic rings. The summed E-state index contributed by atoms with van der Waals surface area (Å²) in [6, 6.07) is 15.2. The minimum Gasteiger partial charge on any atom is -0.493 e. The van der Waals surface area contributed by atoms with Gasteiger partial charge in [-0.05, 0) is 55.9 Å². The highest BCUT2D eigenvalue weighted by molar-refractivity contribution is 5.95. The summed E-state index contributed by atoms with van der Waals surface area (Å²) in [5.74, 6) is 0.775. The van der Waals surface area contributed by atoms with Crippen molar-refractivity contribution in [2.75, 3.05) is 53.6 Å². The van der Waals surface area contributed by atoms with Crippen molar-refractivity contribution in [2.45, 2.75) is 45.8 Å². The zero-order valence-electron chi connectivity index (χ0n) is 24.1. The average Bonchev–Trinajstić information content (AvgIpc) is 3.36. The Morgan fingerprint density at radius 2 is 1.74 bits per heavy atom. The number of aliphatic hydroxyl groups excluding tert-OH is 1. The topological polar surface area (TPSA) is 91.3 Å². The van der Waals surface area contributed by atoms with Crippen molar-refractivity contribution < 1.29 is 24.2 Å². The Morgan fingerprint density at radius 1 is 1.05 bits per heavy atom. The molecule has 0 spiro atoms. The highest BCUT2D eigenvalue weighted by Crippen LogP contribution is 2.25. The molecule has 2 amide bonds. The van der Waals surface area contributed by atoms with Crippen LogP contribution in [0.1, 0.15) is 41.8 Å². The molecule has 2 aromatic rings. The molecule has 2 aromatic carbocycles. The monoisotopic (exact) mass is 539 g/mol. The number of carbonyl (C=O) groups excluding carboxylic acids is 2. The van der Waals surface area contributed by atoms with Gasteiger partial charge in [0.2, 0.25) is 0 Å². The number of benzene rings is 2. The second kappa shape index (κ2) is 15.0. The number of aliphatic hydroxyl groups is 1. The fourth-order valence-electron chi connectivity index (χ4n) is 5.06. The molecule has 0 saturated carbocycles. The van der Waals surface area contributed by atoms with Crippen molar-refractivity contribution in [3.63, 3.8) is 0 Å². The smallest absolute Gasteiger partial charge is 0.254 e. The van der Waals surface area contributed by atoms with Crippen LogP contribution >= 0.6 is 0 Å². The SMILES string of the molecule is COCCCOc1cc(C(=O)N(C[C@@H]2CNC[C@H]2CN(C)C(=O)[C@@H](O)Cc2ccccc2)C(C)C)ccc1C. The Labute approximate surface area is 233 Å². The maximum Gasteiger partial charge on any atom is 0.254 e. The predicted octanol–water partition coefficient (Wildman–Crippen LogP) is 3.16. The molecule has 8 heteroatoms. The van der Waals surface area contributed by atoms with Gasteiger partial charge in [0, 0.05) is 71.4 Å². The van der Waals surface area contributed by atoms with E-state index in [0.29, 0.717) is 38.3 Å². The van der Waals surface area contributed by atoms with Crippen LogP contribution in [0.5, 0.6) is 5.75 Å². The molecule has 0 aromatic heterocycles. The summed E-state index contributed by atoms with van der Waals surface area (Å²) in [5, 5.41) is 14.0. The number of nitrogens with zero attached hydrogens (tertiary/aromatic N) is 2. The molecule has 39 heavy (non-hydrogen) atoms. The molecule has 1 aliphatic heterocycles. The first-order valence-corrected chi connectivity index (χ1v) is 13.9. The van der Waals surface area contributed by atoms with E-state index >= 15 is 0 Å². The highest BCUT2D eigenvalue weighted by Gasteiger charge is 2.33. The summed E-state index contributed by atoms with van der Waals surface area (Å²) in [6.07, 6.45) is -0.00483. The summed E-state index contributed by atoms with van der Waals surface area (Å²) in [6.45, 7) is 9.84. The first-order chi connectivity index (χ1) is 18.7. The van der Waals surface area contributed by atoms with Crippen LogP contribution in [-0.2, 0) is 16.0 Å². The van der Waals surface area contributed by atoms with Gasteiger partial charge in [-0.1, -0.05) is 36.4 Å². The fourth-order valence-corrected chi connectivity index (χ4v) is 5.06. The molecule has 0 aliphatic carbocycles. The van der Waals surface area contributed by atoms with E-state index in [2.05, 4.69) is 5.32 Å². The number of hydrogen-bond donors (Lipinski definition) is 2. The van der Waals surface area contributed by atoms with Crippen LogP contribution < -0.4 is 10.1 Å². The van der Waals surface area contributed by atoms with Crippen LogP contribution in [0.15, 0.2) is 48.5 Å². The van der Waals surface area contributed by atoms with Crippen molar-refractivity contribution in [3.8, 4) is 5.75 Å². The van der Waals surface area contributed by atoms with Crippen LogP contribution in [0.4, 0.5) is 0 Å². The number of methoxy groups -OCH3 is 1. The molecular weight excluding hydrogens is 494 g/mol. The number of hydrogen-bond acceptors (Lipinski definition) is 6. The van der Waals surface area contributed by atoms with Crippen molar-refractivity contribution in [1.29, 1.82) is 0 Å². The Bertz CT molecular complexity index is 1060. The molecule has 3 rings (SSSR count). The molecule has 2 N–H and O–H groups in total.